The summed E-state index contributed by atoms with van der Waals surface area (Å²) in [4.78, 5) is 20.2. The van der Waals surface area contributed by atoms with Crippen molar-refractivity contribution in [3.8, 4) is 0 Å². The summed E-state index contributed by atoms with van der Waals surface area (Å²) in [5.74, 6) is -1.00. The van der Waals surface area contributed by atoms with Gasteiger partial charge in [-0.05, 0) is 35.4 Å². The maximum absolute atomic E-state index is 14.2. The van der Waals surface area contributed by atoms with Gasteiger partial charge in [0.25, 0.3) is 0 Å². The number of anilines is 1. The molecule has 3 aromatic carbocycles. The van der Waals surface area contributed by atoms with Crippen molar-refractivity contribution >= 4 is 22.5 Å². The summed E-state index contributed by atoms with van der Waals surface area (Å²) in [6.45, 7) is 1.79. The molecular weight excluding hydrogens is 470 g/mol. The van der Waals surface area contributed by atoms with Gasteiger partial charge < -0.3 is 14.8 Å². The van der Waals surface area contributed by atoms with Gasteiger partial charge >= 0.3 is 6.18 Å². The monoisotopic (exact) mass is 495 g/mol. The van der Waals surface area contributed by atoms with Gasteiger partial charge in [0.15, 0.2) is 0 Å². The van der Waals surface area contributed by atoms with Gasteiger partial charge in [-0.25, -0.2) is 4.39 Å². The molecule has 1 fully saturated rings. The van der Waals surface area contributed by atoms with Crippen LogP contribution in [0.1, 0.15) is 29.0 Å². The van der Waals surface area contributed by atoms with Gasteiger partial charge in [0, 0.05) is 55.6 Å². The van der Waals surface area contributed by atoms with Crippen molar-refractivity contribution < 1.29 is 22.4 Å². The van der Waals surface area contributed by atoms with E-state index >= 15 is 0 Å². The van der Waals surface area contributed by atoms with Crippen molar-refractivity contribution in [1.29, 1.82) is 0 Å². The second-order valence-corrected chi connectivity index (χ2v) is 8.99. The molecule has 1 atom stereocenters. The minimum absolute atomic E-state index is 0.0306. The number of aromatic nitrogens is 1. The van der Waals surface area contributed by atoms with Gasteiger partial charge in [-0.15, -0.1) is 0 Å². The molecule has 0 unspecified atom stereocenters. The molecule has 4 nitrogen and oxygen atoms in total. The number of halogens is 4. The average molecular weight is 496 g/mol. The molecule has 1 amide bonds. The third-order valence-electron chi connectivity index (χ3n) is 6.82. The van der Waals surface area contributed by atoms with Crippen molar-refractivity contribution in [2.24, 2.45) is 0 Å². The van der Waals surface area contributed by atoms with Crippen LogP contribution in [0, 0.1) is 5.82 Å². The molecule has 0 saturated carbocycles. The van der Waals surface area contributed by atoms with Crippen LogP contribution in [0.15, 0.2) is 79.0 Å². The summed E-state index contributed by atoms with van der Waals surface area (Å²) >= 11 is 0. The van der Waals surface area contributed by atoms with Gasteiger partial charge in [-0.3, -0.25) is 4.79 Å². The zero-order valence-corrected chi connectivity index (χ0v) is 19.4. The lowest BCUT2D eigenvalue weighted by Crippen LogP contribution is -2.49. The van der Waals surface area contributed by atoms with Crippen LogP contribution >= 0.6 is 0 Å². The highest BCUT2D eigenvalue weighted by atomic mass is 19.4. The molecule has 8 heteroatoms. The standard InChI is InChI=1S/C28H25F4N3O/c29-24-9-2-4-11-26(24)34-12-14-35(15-13-34)27(36)17-22(19-6-5-7-20(16-19)28(30,31)32)23-18-33-25-10-3-1-8-21(23)25/h1-11,16,18,22,33H,12-15,17H2/t22-/m1/s1. The molecule has 1 aliphatic rings. The Kier molecular flexibility index (Phi) is 6.43. The molecule has 2 heterocycles. The van der Waals surface area contributed by atoms with Crippen LogP contribution in [0.25, 0.3) is 10.9 Å². The molecule has 5 rings (SSSR count). The Hall–Kier alpha value is -3.81. The fourth-order valence-corrected chi connectivity index (χ4v) is 4.93. The summed E-state index contributed by atoms with van der Waals surface area (Å²) in [5.41, 5.74) is 1.84. The van der Waals surface area contributed by atoms with E-state index in [1.165, 1.54) is 12.1 Å². The quantitative estimate of drug-likeness (QED) is 0.335. The van der Waals surface area contributed by atoms with Crippen molar-refractivity contribution in [2.45, 2.75) is 18.5 Å². The summed E-state index contributed by atoms with van der Waals surface area (Å²) in [5, 5.41) is 0.872. The van der Waals surface area contributed by atoms with Crippen molar-refractivity contribution in [3.05, 3.63) is 102 Å². The van der Waals surface area contributed by atoms with E-state index in [1.54, 1.807) is 35.4 Å². The van der Waals surface area contributed by atoms with Crippen LogP contribution in [-0.4, -0.2) is 42.0 Å². The Morgan fingerprint density at radius 3 is 2.39 bits per heavy atom. The second-order valence-electron chi connectivity index (χ2n) is 8.99. The number of amides is 1. The minimum atomic E-state index is -4.48. The predicted molar refractivity (Wildman–Crippen MR) is 131 cm³/mol. The zero-order chi connectivity index (χ0) is 25.3. The fourth-order valence-electron chi connectivity index (χ4n) is 4.93. The van der Waals surface area contributed by atoms with Crippen LogP contribution in [0.3, 0.4) is 0 Å². The van der Waals surface area contributed by atoms with Crippen LogP contribution in [-0.2, 0) is 11.0 Å². The Morgan fingerprint density at radius 1 is 0.917 bits per heavy atom. The van der Waals surface area contributed by atoms with Crippen LogP contribution in [0.2, 0.25) is 0 Å². The summed E-state index contributed by atoms with van der Waals surface area (Å²) in [6.07, 6.45) is -2.67. The number of nitrogens with zero attached hydrogens (tertiary/aromatic N) is 2. The van der Waals surface area contributed by atoms with Gasteiger partial charge in [-0.2, -0.15) is 13.2 Å². The number of fused-ring (bicyclic) bond motifs is 1. The first-order chi connectivity index (χ1) is 17.3. The highest BCUT2D eigenvalue weighted by Gasteiger charge is 2.32. The molecule has 36 heavy (non-hydrogen) atoms. The molecule has 1 saturated heterocycles. The topological polar surface area (TPSA) is 39.3 Å². The fraction of sp³-hybridized carbons (Fsp3) is 0.250. The van der Waals surface area contributed by atoms with Crippen molar-refractivity contribution in [2.75, 3.05) is 31.1 Å². The number of carbonyl (C=O) groups is 1. The van der Waals surface area contributed by atoms with Gasteiger partial charge in [-0.1, -0.05) is 48.5 Å². The summed E-state index contributed by atoms with van der Waals surface area (Å²) in [7, 11) is 0. The minimum Gasteiger partial charge on any atom is -0.366 e. The molecule has 0 radical (unpaired) electrons. The number of para-hydroxylation sites is 2. The average Bonchev–Trinajstić information content (AvgIpc) is 3.31. The third kappa shape index (κ3) is 4.80. The lowest BCUT2D eigenvalue weighted by atomic mass is 9.87. The Bertz CT molecular complexity index is 1370. The van der Waals surface area contributed by atoms with E-state index in [2.05, 4.69) is 4.98 Å². The zero-order valence-electron chi connectivity index (χ0n) is 19.4. The highest BCUT2D eigenvalue weighted by Crippen LogP contribution is 2.37. The summed E-state index contributed by atoms with van der Waals surface area (Å²) in [6, 6.07) is 19.3. The normalized spacial score (nSPS) is 15.3. The first kappa shape index (κ1) is 23.9. The molecule has 186 valence electrons. The maximum atomic E-state index is 14.2. The number of carbonyl (C=O) groups excluding carboxylic acids is 1. The van der Waals surface area contributed by atoms with E-state index < -0.39 is 17.7 Å². The van der Waals surface area contributed by atoms with E-state index in [1.807, 2.05) is 29.2 Å². The number of nitrogens with one attached hydrogen (secondary N) is 1. The molecule has 1 aliphatic heterocycles. The molecule has 1 aromatic heterocycles. The van der Waals surface area contributed by atoms with E-state index in [9.17, 15) is 22.4 Å². The second kappa shape index (κ2) is 9.68. The largest absolute Gasteiger partial charge is 0.416 e. The van der Waals surface area contributed by atoms with E-state index in [0.717, 1.165) is 28.6 Å². The number of benzene rings is 3. The number of alkyl halides is 3. The molecule has 0 bridgehead atoms. The smallest absolute Gasteiger partial charge is 0.366 e. The molecular formula is C28H25F4N3O. The number of piperazine rings is 1. The van der Waals surface area contributed by atoms with E-state index in [0.29, 0.717) is 37.4 Å². The van der Waals surface area contributed by atoms with Crippen LogP contribution in [0.5, 0.6) is 0 Å². The Morgan fingerprint density at radius 2 is 1.64 bits per heavy atom. The Balaban J connectivity index is 1.40. The Labute approximate surface area is 206 Å². The van der Waals surface area contributed by atoms with Crippen molar-refractivity contribution in [3.63, 3.8) is 0 Å². The molecule has 0 spiro atoms. The maximum Gasteiger partial charge on any atom is 0.416 e. The lowest BCUT2D eigenvalue weighted by Gasteiger charge is -2.36. The van der Waals surface area contributed by atoms with Crippen molar-refractivity contribution in [1.82, 2.24) is 9.88 Å². The highest BCUT2D eigenvalue weighted by molar-refractivity contribution is 5.86. The molecule has 0 aliphatic carbocycles. The summed E-state index contributed by atoms with van der Waals surface area (Å²) < 4.78 is 54.6. The van der Waals surface area contributed by atoms with Crippen LogP contribution in [0.4, 0.5) is 23.2 Å². The van der Waals surface area contributed by atoms with E-state index in [-0.39, 0.29) is 18.1 Å². The molecule has 4 aromatic rings. The van der Waals surface area contributed by atoms with Crippen LogP contribution < -0.4 is 4.90 Å². The number of aromatic amines is 1. The van der Waals surface area contributed by atoms with Gasteiger partial charge in [0.1, 0.15) is 5.82 Å². The number of rotatable bonds is 5. The lowest BCUT2D eigenvalue weighted by molar-refractivity contribution is -0.137. The number of hydrogen-bond donors (Lipinski definition) is 1. The van der Waals surface area contributed by atoms with Gasteiger partial charge in [0.05, 0.1) is 11.3 Å². The van der Waals surface area contributed by atoms with E-state index in [4.69, 9.17) is 0 Å². The first-order valence-electron chi connectivity index (χ1n) is 11.8. The predicted octanol–water partition coefficient (Wildman–Crippen LogP) is 6.20. The first-order valence-corrected chi connectivity index (χ1v) is 11.8. The number of H-pyrrole nitrogens is 1. The molecule has 1 N–H and O–H groups in total. The SMILES string of the molecule is O=C(C[C@H](c1cccc(C(F)(F)F)c1)c1c[nH]c2ccccc12)N1CCN(c2ccccc2F)CC1. The number of hydrogen-bond acceptors (Lipinski definition) is 2. The van der Waals surface area contributed by atoms with Gasteiger partial charge in [0.2, 0.25) is 5.91 Å². The third-order valence-corrected chi connectivity index (χ3v) is 6.82.